The lowest BCUT2D eigenvalue weighted by Crippen LogP contribution is -2.42. The lowest BCUT2D eigenvalue weighted by Gasteiger charge is -2.35. The van der Waals surface area contributed by atoms with Gasteiger partial charge in [0.1, 0.15) is 6.10 Å². The number of anilines is 1. The van der Waals surface area contributed by atoms with Crippen molar-refractivity contribution in [2.75, 3.05) is 18.0 Å². The number of pyridine rings is 1. The predicted molar refractivity (Wildman–Crippen MR) is 79.8 cm³/mol. The molecule has 0 aromatic carbocycles. The monoisotopic (exact) mass is 322 g/mol. The van der Waals surface area contributed by atoms with Crippen LogP contribution in [0.3, 0.4) is 0 Å². The van der Waals surface area contributed by atoms with Crippen LogP contribution in [-0.4, -0.2) is 35.4 Å². The van der Waals surface area contributed by atoms with Gasteiger partial charge in [0.15, 0.2) is 5.75 Å². The lowest BCUT2D eigenvalue weighted by molar-refractivity contribution is -0.711. The SMILES string of the molecule is NC(=O)OC1CCCN(c2c(O[N+](=O)[O-])cnc3c2CCC3)C1. The molecule has 0 bridgehead atoms. The fourth-order valence-electron chi connectivity index (χ4n) is 3.37. The fraction of sp³-hybridized carbons (Fsp3) is 0.571. The molecule has 124 valence electrons. The molecule has 2 heterocycles. The van der Waals surface area contributed by atoms with E-state index in [1.165, 1.54) is 6.20 Å². The smallest absolute Gasteiger partial charge is 0.404 e. The molecule has 2 aliphatic rings. The highest BCUT2D eigenvalue weighted by Crippen LogP contribution is 2.39. The van der Waals surface area contributed by atoms with Gasteiger partial charge in [-0.15, -0.1) is 10.1 Å². The van der Waals surface area contributed by atoms with E-state index in [9.17, 15) is 14.9 Å². The fourth-order valence-corrected chi connectivity index (χ4v) is 3.37. The van der Waals surface area contributed by atoms with E-state index in [4.69, 9.17) is 15.3 Å². The molecule has 0 saturated carbocycles. The minimum absolute atomic E-state index is 0.135. The number of hydrogen-bond donors (Lipinski definition) is 1. The van der Waals surface area contributed by atoms with Gasteiger partial charge in [0.05, 0.1) is 18.4 Å². The van der Waals surface area contributed by atoms with Crippen LogP contribution in [0.2, 0.25) is 0 Å². The minimum Gasteiger partial charge on any atom is -0.445 e. The van der Waals surface area contributed by atoms with Crippen molar-refractivity contribution in [1.29, 1.82) is 0 Å². The summed E-state index contributed by atoms with van der Waals surface area (Å²) in [5, 5.41) is 9.93. The van der Waals surface area contributed by atoms with Crippen LogP contribution in [0.5, 0.6) is 5.75 Å². The second-order valence-corrected chi connectivity index (χ2v) is 5.71. The summed E-state index contributed by atoms with van der Waals surface area (Å²) in [6.07, 6.45) is 4.42. The molecule has 1 amide bonds. The number of primary amides is 1. The van der Waals surface area contributed by atoms with Gasteiger partial charge in [-0.1, -0.05) is 0 Å². The van der Waals surface area contributed by atoms with Crippen molar-refractivity contribution in [3.05, 3.63) is 27.6 Å². The summed E-state index contributed by atoms with van der Waals surface area (Å²) in [6, 6.07) is 0. The lowest BCUT2D eigenvalue weighted by atomic mass is 10.0. The maximum Gasteiger partial charge on any atom is 0.404 e. The maximum atomic E-state index is 11.0. The number of amides is 1. The topological polar surface area (TPSA) is 121 Å². The van der Waals surface area contributed by atoms with Crippen LogP contribution in [0.4, 0.5) is 10.5 Å². The van der Waals surface area contributed by atoms with Crippen LogP contribution in [0, 0.1) is 10.1 Å². The molecule has 1 aliphatic carbocycles. The summed E-state index contributed by atoms with van der Waals surface area (Å²) in [7, 11) is 0. The highest BCUT2D eigenvalue weighted by molar-refractivity contribution is 5.67. The second-order valence-electron chi connectivity index (χ2n) is 5.71. The Morgan fingerprint density at radius 3 is 3.00 bits per heavy atom. The van der Waals surface area contributed by atoms with Gasteiger partial charge in [0, 0.05) is 12.2 Å². The van der Waals surface area contributed by atoms with Gasteiger partial charge in [-0.05, 0) is 37.7 Å². The number of piperidine rings is 1. The third-order valence-electron chi connectivity index (χ3n) is 4.20. The zero-order valence-corrected chi connectivity index (χ0v) is 12.6. The molecule has 9 nitrogen and oxygen atoms in total. The maximum absolute atomic E-state index is 11.0. The van der Waals surface area contributed by atoms with E-state index in [0.717, 1.165) is 43.4 Å². The first kappa shape index (κ1) is 15.3. The van der Waals surface area contributed by atoms with Crippen LogP contribution in [0.15, 0.2) is 6.20 Å². The Bertz CT molecular complexity index is 636. The van der Waals surface area contributed by atoms with Gasteiger partial charge in [-0.3, -0.25) is 9.82 Å². The molecule has 3 rings (SSSR count). The molecule has 1 atom stereocenters. The molecule has 1 aromatic heterocycles. The summed E-state index contributed by atoms with van der Waals surface area (Å²) in [4.78, 5) is 32.7. The summed E-state index contributed by atoms with van der Waals surface area (Å²) in [5.74, 6) is 0.135. The Morgan fingerprint density at radius 2 is 2.26 bits per heavy atom. The molecule has 1 aromatic rings. The van der Waals surface area contributed by atoms with Crippen molar-refractivity contribution in [1.82, 2.24) is 4.98 Å². The Labute approximate surface area is 132 Å². The average molecular weight is 322 g/mol. The van der Waals surface area contributed by atoms with E-state index >= 15 is 0 Å². The van der Waals surface area contributed by atoms with E-state index in [1.807, 2.05) is 4.90 Å². The van der Waals surface area contributed by atoms with Crippen LogP contribution in [0.1, 0.15) is 30.5 Å². The van der Waals surface area contributed by atoms with E-state index in [0.29, 0.717) is 18.8 Å². The van der Waals surface area contributed by atoms with Gasteiger partial charge in [-0.2, -0.15) is 0 Å². The van der Waals surface area contributed by atoms with Crippen molar-refractivity contribution >= 4 is 11.8 Å². The first-order valence-electron chi connectivity index (χ1n) is 7.58. The minimum atomic E-state index is -0.830. The molecule has 9 heteroatoms. The van der Waals surface area contributed by atoms with Gasteiger partial charge >= 0.3 is 6.09 Å². The molecule has 1 aliphatic heterocycles. The molecule has 1 fully saturated rings. The van der Waals surface area contributed by atoms with Crippen molar-refractivity contribution in [2.45, 2.75) is 38.2 Å². The number of hydrogen-bond acceptors (Lipinski definition) is 7. The summed E-state index contributed by atoms with van der Waals surface area (Å²) >= 11 is 0. The molecule has 0 radical (unpaired) electrons. The number of carbonyl (C=O) groups excluding carboxylic acids is 1. The van der Waals surface area contributed by atoms with Gasteiger partial charge in [0.25, 0.3) is 5.09 Å². The number of aromatic nitrogens is 1. The molecule has 0 spiro atoms. The number of carbonyl (C=O) groups is 1. The Kier molecular flexibility index (Phi) is 4.18. The van der Waals surface area contributed by atoms with Crippen molar-refractivity contribution in [3.8, 4) is 5.75 Å². The second kappa shape index (κ2) is 6.27. The molecule has 23 heavy (non-hydrogen) atoms. The summed E-state index contributed by atoms with van der Waals surface area (Å²) in [6.45, 7) is 1.15. The largest absolute Gasteiger partial charge is 0.445 e. The molecule has 1 saturated heterocycles. The summed E-state index contributed by atoms with van der Waals surface area (Å²) in [5.41, 5.74) is 7.73. The third-order valence-corrected chi connectivity index (χ3v) is 4.20. The van der Waals surface area contributed by atoms with Gasteiger partial charge in [0.2, 0.25) is 0 Å². The van der Waals surface area contributed by atoms with E-state index in [1.54, 1.807) is 0 Å². The third kappa shape index (κ3) is 3.27. The highest BCUT2D eigenvalue weighted by atomic mass is 17.0. The predicted octanol–water partition coefficient (Wildman–Crippen LogP) is 1.20. The normalized spacial score (nSPS) is 20.0. The average Bonchev–Trinajstić information content (AvgIpc) is 2.94. The van der Waals surface area contributed by atoms with Crippen LogP contribution in [-0.2, 0) is 17.6 Å². The number of ether oxygens (including phenoxy) is 1. The first-order valence-corrected chi connectivity index (χ1v) is 7.58. The van der Waals surface area contributed by atoms with Crippen molar-refractivity contribution in [3.63, 3.8) is 0 Å². The zero-order chi connectivity index (χ0) is 16.4. The number of aryl methyl sites for hydroxylation is 1. The molecule has 1 unspecified atom stereocenters. The van der Waals surface area contributed by atoms with Crippen LogP contribution >= 0.6 is 0 Å². The molecular formula is C14H18N4O5. The van der Waals surface area contributed by atoms with Crippen LogP contribution in [0.25, 0.3) is 0 Å². The number of fused-ring (bicyclic) bond motifs is 1. The Morgan fingerprint density at radius 1 is 1.43 bits per heavy atom. The number of rotatable bonds is 4. The highest BCUT2D eigenvalue weighted by Gasteiger charge is 2.29. The first-order chi connectivity index (χ1) is 11.0. The number of nitrogens with two attached hydrogens (primary N) is 1. The van der Waals surface area contributed by atoms with Crippen molar-refractivity contribution in [2.24, 2.45) is 5.73 Å². The quantitative estimate of drug-likeness (QED) is 0.653. The molecular weight excluding hydrogens is 304 g/mol. The summed E-state index contributed by atoms with van der Waals surface area (Å²) < 4.78 is 5.09. The van der Waals surface area contributed by atoms with Crippen LogP contribution < -0.4 is 15.5 Å². The van der Waals surface area contributed by atoms with E-state index in [-0.39, 0.29) is 11.9 Å². The standard InChI is InChI=1S/C14H18N4O5/c15-14(19)22-9-3-2-6-17(8-9)13-10-4-1-5-11(10)16-7-12(13)23-18(20)21/h7,9H,1-6,8H2,(H2,15,19). The number of nitrogens with zero attached hydrogens (tertiary/aromatic N) is 3. The van der Waals surface area contributed by atoms with Gasteiger partial charge in [-0.25, -0.2) is 4.79 Å². The van der Waals surface area contributed by atoms with Gasteiger partial charge < -0.3 is 15.4 Å². The molecule has 2 N–H and O–H groups in total. The Hall–Kier alpha value is -2.58. The Balaban J connectivity index is 1.92. The van der Waals surface area contributed by atoms with E-state index in [2.05, 4.69) is 4.98 Å². The van der Waals surface area contributed by atoms with E-state index < -0.39 is 11.2 Å². The zero-order valence-electron chi connectivity index (χ0n) is 12.6. The van der Waals surface area contributed by atoms with Crippen molar-refractivity contribution < 1.29 is 19.5 Å².